The number of amides is 1. The molecule has 1 saturated carbocycles. The van der Waals surface area contributed by atoms with Crippen molar-refractivity contribution in [1.29, 1.82) is 0 Å². The summed E-state index contributed by atoms with van der Waals surface area (Å²) in [4.78, 5) is 13.9. The molecule has 3 fully saturated rings. The molecule has 1 aliphatic carbocycles. The topological polar surface area (TPSA) is 63.7 Å². The Morgan fingerprint density at radius 1 is 1.30 bits per heavy atom. The minimum absolute atomic E-state index is 0.0536. The summed E-state index contributed by atoms with van der Waals surface area (Å²) in [7, 11) is -3.08. The average Bonchev–Trinajstić information content (AvgIpc) is 2.53. The fourth-order valence-corrected chi connectivity index (χ4v) is 6.04. The van der Waals surface area contributed by atoms with Crippen LogP contribution in [0.25, 0.3) is 0 Å². The Bertz CT molecular complexity index is 491. The highest BCUT2D eigenvalue weighted by Gasteiger charge is 2.62. The molecule has 1 atom stereocenters. The van der Waals surface area contributed by atoms with E-state index in [0.717, 1.165) is 19.3 Å². The lowest BCUT2D eigenvalue weighted by Crippen LogP contribution is -2.69. The summed E-state index contributed by atoms with van der Waals surface area (Å²) in [5.41, 5.74) is 0. The first kappa shape index (κ1) is 14.3. The number of hydrogen-bond donors (Lipinski definition) is 0. The molecular formula is C14H23NO4S. The van der Waals surface area contributed by atoms with Crippen molar-refractivity contribution in [1.82, 2.24) is 4.90 Å². The first-order chi connectivity index (χ1) is 9.50. The molecule has 1 amide bonds. The van der Waals surface area contributed by atoms with E-state index in [0.29, 0.717) is 32.7 Å². The highest BCUT2D eigenvalue weighted by atomic mass is 32.2. The van der Waals surface area contributed by atoms with E-state index in [1.807, 2.05) is 6.92 Å². The highest BCUT2D eigenvalue weighted by molar-refractivity contribution is 7.93. The minimum Gasteiger partial charge on any atom is -0.381 e. The zero-order valence-electron chi connectivity index (χ0n) is 12.0. The largest absolute Gasteiger partial charge is 0.381 e. The molecule has 114 valence electrons. The number of hydrogen-bond acceptors (Lipinski definition) is 4. The molecule has 0 unspecified atom stereocenters. The van der Waals surface area contributed by atoms with E-state index in [1.165, 1.54) is 0 Å². The number of ether oxygens (including phenoxy) is 1. The Labute approximate surface area is 120 Å². The molecule has 0 radical (unpaired) electrons. The summed E-state index contributed by atoms with van der Waals surface area (Å²) < 4.78 is 29.5. The molecule has 0 aromatic carbocycles. The molecule has 0 aromatic rings. The second-order valence-electron chi connectivity index (χ2n) is 6.35. The molecule has 0 aromatic heterocycles. The summed E-state index contributed by atoms with van der Waals surface area (Å²) in [5, 5.41) is 0. The van der Waals surface area contributed by atoms with Crippen molar-refractivity contribution in [2.45, 2.75) is 37.4 Å². The Morgan fingerprint density at radius 3 is 2.55 bits per heavy atom. The molecule has 6 heteroatoms. The maximum absolute atomic E-state index is 12.4. The van der Waals surface area contributed by atoms with Gasteiger partial charge in [-0.2, -0.15) is 0 Å². The van der Waals surface area contributed by atoms with E-state index in [-0.39, 0.29) is 23.5 Å². The Kier molecular flexibility index (Phi) is 3.57. The number of nitrogens with zero attached hydrogens (tertiary/aromatic N) is 1. The van der Waals surface area contributed by atoms with Crippen molar-refractivity contribution in [3.63, 3.8) is 0 Å². The van der Waals surface area contributed by atoms with Crippen LogP contribution < -0.4 is 0 Å². The summed E-state index contributed by atoms with van der Waals surface area (Å²) >= 11 is 0. The van der Waals surface area contributed by atoms with Crippen molar-refractivity contribution < 1.29 is 17.9 Å². The van der Waals surface area contributed by atoms with Gasteiger partial charge in [-0.1, -0.05) is 6.42 Å². The smallest absolute Gasteiger partial charge is 0.225 e. The van der Waals surface area contributed by atoms with Crippen LogP contribution in [-0.2, 0) is 19.4 Å². The maximum Gasteiger partial charge on any atom is 0.225 e. The van der Waals surface area contributed by atoms with Crippen LogP contribution in [0.4, 0.5) is 0 Å². The predicted molar refractivity (Wildman–Crippen MR) is 75.0 cm³/mol. The molecule has 3 rings (SSSR count). The van der Waals surface area contributed by atoms with Gasteiger partial charge in [0.2, 0.25) is 5.91 Å². The van der Waals surface area contributed by atoms with Crippen LogP contribution in [-0.4, -0.2) is 56.0 Å². The zero-order valence-corrected chi connectivity index (χ0v) is 12.8. The normalized spacial score (nSPS) is 31.1. The van der Waals surface area contributed by atoms with Crippen molar-refractivity contribution >= 4 is 15.7 Å². The molecule has 3 aliphatic rings. The van der Waals surface area contributed by atoms with Gasteiger partial charge in [0, 0.05) is 31.5 Å². The van der Waals surface area contributed by atoms with E-state index in [4.69, 9.17) is 4.74 Å². The highest BCUT2D eigenvalue weighted by Crippen LogP contribution is 2.46. The molecule has 2 saturated heterocycles. The van der Waals surface area contributed by atoms with Crippen LogP contribution in [0.15, 0.2) is 0 Å². The van der Waals surface area contributed by atoms with Crippen LogP contribution in [0.5, 0.6) is 0 Å². The molecule has 5 nitrogen and oxygen atoms in total. The van der Waals surface area contributed by atoms with E-state index in [2.05, 4.69) is 0 Å². The average molecular weight is 301 g/mol. The van der Waals surface area contributed by atoms with Crippen LogP contribution in [0.2, 0.25) is 0 Å². The van der Waals surface area contributed by atoms with E-state index >= 15 is 0 Å². The lowest BCUT2D eigenvalue weighted by Gasteiger charge is -2.51. The molecule has 0 bridgehead atoms. The first-order valence-electron chi connectivity index (χ1n) is 7.59. The van der Waals surface area contributed by atoms with Gasteiger partial charge in [0.15, 0.2) is 9.84 Å². The van der Waals surface area contributed by atoms with Crippen molar-refractivity contribution in [3.8, 4) is 0 Å². The number of rotatable bonds is 4. The summed E-state index contributed by atoms with van der Waals surface area (Å²) in [6.07, 6.45) is 3.74. The van der Waals surface area contributed by atoms with E-state index in [1.54, 1.807) is 4.90 Å². The number of carbonyl (C=O) groups is 1. The van der Waals surface area contributed by atoms with Crippen molar-refractivity contribution in [2.24, 2.45) is 11.8 Å². The first-order valence-corrected chi connectivity index (χ1v) is 9.24. The van der Waals surface area contributed by atoms with Gasteiger partial charge in [-0.15, -0.1) is 0 Å². The third-order valence-electron chi connectivity index (χ3n) is 5.30. The van der Waals surface area contributed by atoms with Gasteiger partial charge in [-0.3, -0.25) is 4.79 Å². The zero-order chi connectivity index (χ0) is 14.4. The SMILES string of the molecule is CCOC[C@H]1CCS(=O)(=O)C12CN(C(=O)C1CCC1)C2. The third kappa shape index (κ3) is 1.99. The second-order valence-corrected chi connectivity index (χ2v) is 8.80. The van der Waals surface area contributed by atoms with Gasteiger partial charge in [-0.25, -0.2) is 8.42 Å². The van der Waals surface area contributed by atoms with E-state index in [9.17, 15) is 13.2 Å². The fraction of sp³-hybridized carbons (Fsp3) is 0.929. The monoisotopic (exact) mass is 301 g/mol. The minimum atomic E-state index is -3.08. The van der Waals surface area contributed by atoms with Crippen LogP contribution >= 0.6 is 0 Å². The molecule has 1 spiro atoms. The lowest BCUT2D eigenvalue weighted by atomic mass is 9.79. The van der Waals surface area contributed by atoms with Gasteiger partial charge in [0.25, 0.3) is 0 Å². The van der Waals surface area contributed by atoms with Gasteiger partial charge in [0.05, 0.1) is 12.4 Å². The third-order valence-corrected chi connectivity index (χ3v) is 7.91. The molecule has 2 heterocycles. The summed E-state index contributed by atoms with van der Waals surface area (Å²) in [5.74, 6) is 0.620. The molecule has 2 aliphatic heterocycles. The molecular weight excluding hydrogens is 278 g/mol. The second kappa shape index (κ2) is 4.98. The summed E-state index contributed by atoms with van der Waals surface area (Å²) in [6.45, 7) is 3.81. The van der Waals surface area contributed by atoms with Gasteiger partial charge in [-0.05, 0) is 26.2 Å². The fourth-order valence-electron chi connectivity index (χ4n) is 3.64. The van der Waals surface area contributed by atoms with Crippen molar-refractivity contribution in [3.05, 3.63) is 0 Å². The number of sulfone groups is 1. The van der Waals surface area contributed by atoms with Crippen LogP contribution in [0.1, 0.15) is 32.6 Å². The quantitative estimate of drug-likeness (QED) is 0.772. The van der Waals surface area contributed by atoms with Gasteiger partial charge >= 0.3 is 0 Å². The lowest BCUT2D eigenvalue weighted by molar-refractivity contribution is -0.145. The Morgan fingerprint density at radius 2 is 2.00 bits per heavy atom. The van der Waals surface area contributed by atoms with Crippen LogP contribution in [0.3, 0.4) is 0 Å². The van der Waals surface area contributed by atoms with Gasteiger partial charge in [0.1, 0.15) is 4.75 Å². The van der Waals surface area contributed by atoms with Crippen molar-refractivity contribution in [2.75, 3.05) is 32.1 Å². The Balaban J connectivity index is 1.69. The predicted octanol–water partition coefficient (Wildman–Crippen LogP) is 0.839. The van der Waals surface area contributed by atoms with Crippen LogP contribution in [0, 0.1) is 11.8 Å². The maximum atomic E-state index is 12.4. The number of carbonyl (C=O) groups excluding carboxylic acids is 1. The number of likely N-dealkylation sites (tertiary alicyclic amines) is 1. The van der Waals surface area contributed by atoms with E-state index < -0.39 is 14.6 Å². The summed E-state index contributed by atoms with van der Waals surface area (Å²) in [6, 6.07) is 0. The molecule has 20 heavy (non-hydrogen) atoms. The molecule has 0 N–H and O–H groups in total. The standard InChI is InChI=1S/C14H23NO4S/c1-2-19-8-12-6-7-20(17,18)14(12)9-15(10-14)13(16)11-4-3-5-11/h11-12H,2-10H2,1H3/t12-/m1/s1. The Hall–Kier alpha value is -0.620. The van der Waals surface area contributed by atoms with Gasteiger partial charge < -0.3 is 9.64 Å².